The summed E-state index contributed by atoms with van der Waals surface area (Å²) in [5.74, 6) is -0.657. The fourth-order valence-electron chi connectivity index (χ4n) is 7.60. The Hall–Kier alpha value is -6.52. The molecule has 4 nitrogen and oxygen atoms in total. The van der Waals surface area contributed by atoms with Crippen LogP contribution in [0.4, 0.5) is 5.69 Å². The van der Waals surface area contributed by atoms with Gasteiger partial charge in [-0.25, -0.2) is 4.90 Å². The van der Waals surface area contributed by atoms with Gasteiger partial charge in [-0.05, 0) is 83.6 Å². The second-order valence-corrected chi connectivity index (χ2v) is 13.0. The summed E-state index contributed by atoms with van der Waals surface area (Å²) in [4.78, 5) is 30.5. The molecule has 50 heavy (non-hydrogen) atoms. The number of benzene rings is 7. The van der Waals surface area contributed by atoms with Crippen molar-refractivity contribution in [2.45, 2.75) is 13.8 Å². The molecule has 9 rings (SSSR count). The van der Waals surface area contributed by atoms with Gasteiger partial charge in [0, 0.05) is 16.3 Å². The van der Waals surface area contributed by atoms with Gasteiger partial charge in [-0.1, -0.05) is 127 Å². The van der Waals surface area contributed by atoms with Crippen molar-refractivity contribution in [3.05, 3.63) is 180 Å². The summed E-state index contributed by atoms with van der Waals surface area (Å²) >= 11 is 0. The second-order valence-electron chi connectivity index (χ2n) is 13.0. The lowest BCUT2D eigenvalue weighted by molar-refractivity contribution is 0.0926. The predicted molar refractivity (Wildman–Crippen MR) is 204 cm³/mol. The SMILES string of the molecule is Cc1ccc(-c2ccc3c4ccccc4n(-c4cccc5c4C(=O)N(c4ccc(-c6ccccc6)cc4-c4ccccc4)C5=O)c3c2)c(C)c1. The van der Waals surface area contributed by atoms with Gasteiger partial charge < -0.3 is 4.57 Å². The second kappa shape index (κ2) is 11.6. The van der Waals surface area contributed by atoms with Crippen LogP contribution >= 0.6 is 0 Å². The van der Waals surface area contributed by atoms with Crippen molar-refractivity contribution in [1.29, 1.82) is 0 Å². The molecule has 0 saturated heterocycles. The normalized spacial score (nSPS) is 12.6. The number of hydrogen-bond acceptors (Lipinski definition) is 2. The van der Waals surface area contributed by atoms with Gasteiger partial charge in [-0.3, -0.25) is 9.59 Å². The third-order valence-electron chi connectivity index (χ3n) is 9.93. The minimum atomic E-state index is -0.332. The van der Waals surface area contributed by atoms with Crippen LogP contribution in [0.25, 0.3) is 60.9 Å². The van der Waals surface area contributed by atoms with Crippen LogP contribution in [-0.2, 0) is 0 Å². The highest BCUT2D eigenvalue weighted by Crippen LogP contribution is 2.42. The van der Waals surface area contributed by atoms with Crippen molar-refractivity contribution >= 4 is 39.3 Å². The molecule has 0 atom stereocenters. The lowest BCUT2D eigenvalue weighted by Crippen LogP contribution is -2.30. The standard InChI is InChI=1S/C46H32N2O2/c1-29-20-23-35(30(2)26-29)34-21-24-37-36-16-9-10-18-40(36)47(43(37)28-34)42-19-11-17-38-44(42)46(50)48(45(38)49)41-25-22-33(31-12-5-3-6-13-31)27-39(41)32-14-7-4-8-15-32/h3-28H,1-2H3. The average Bonchev–Trinajstić information content (AvgIpc) is 3.62. The average molecular weight is 645 g/mol. The lowest BCUT2D eigenvalue weighted by Gasteiger charge is -2.20. The van der Waals surface area contributed by atoms with Gasteiger partial charge in [0.2, 0.25) is 0 Å². The number of imide groups is 1. The van der Waals surface area contributed by atoms with E-state index in [1.54, 1.807) is 6.07 Å². The zero-order valence-electron chi connectivity index (χ0n) is 27.7. The molecule has 8 aromatic rings. The van der Waals surface area contributed by atoms with Crippen molar-refractivity contribution in [1.82, 2.24) is 4.57 Å². The first-order chi connectivity index (χ1) is 24.5. The number of fused-ring (bicyclic) bond motifs is 4. The molecule has 0 N–H and O–H groups in total. The van der Waals surface area contributed by atoms with Crippen molar-refractivity contribution in [3.63, 3.8) is 0 Å². The number of anilines is 1. The van der Waals surface area contributed by atoms with E-state index in [0.29, 0.717) is 22.5 Å². The summed E-state index contributed by atoms with van der Waals surface area (Å²) in [7, 11) is 0. The summed E-state index contributed by atoms with van der Waals surface area (Å²) in [5.41, 5.74) is 12.5. The Morgan fingerprint density at radius 3 is 1.90 bits per heavy atom. The Labute approximate surface area is 290 Å². The number of amides is 2. The molecular weight excluding hydrogens is 613 g/mol. The van der Waals surface area contributed by atoms with Crippen LogP contribution < -0.4 is 4.90 Å². The summed E-state index contributed by atoms with van der Waals surface area (Å²) in [6.07, 6.45) is 0. The number of nitrogens with zero attached hydrogens (tertiary/aromatic N) is 2. The van der Waals surface area contributed by atoms with E-state index in [-0.39, 0.29) is 11.8 Å². The summed E-state index contributed by atoms with van der Waals surface area (Å²) in [5, 5.41) is 2.17. The maximum atomic E-state index is 14.8. The molecule has 7 aromatic carbocycles. The molecule has 1 aliphatic rings. The maximum Gasteiger partial charge on any atom is 0.268 e. The van der Waals surface area contributed by atoms with Gasteiger partial charge in [0.1, 0.15) is 0 Å². The van der Waals surface area contributed by atoms with E-state index in [1.165, 1.54) is 16.0 Å². The summed E-state index contributed by atoms with van der Waals surface area (Å²) in [6, 6.07) is 53.0. The van der Waals surface area contributed by atoms with E-state index in [2.05, 4.69) is 85.1 Å². The fraction of sp³-hybridized carbons (Fsp3) is 0.0435. The van der Waals surface area contributed by atoms with Crippen LogP contribution in [0.2, 0.25) is 0 Å². The fourth-order valence-corrected chi connectivity index (χ4v) is 7.60. The first-order valence-corrected chi connectivity index (χ1v) is 16.9. The highest BCUT2D eigenvalue weighted by atomic mass is 16.2. The van der Waals surface area contributed by atoms with Gasteiger partial charge in [0.15, 0.2) is 0 Å². The quantitative estimate of drug-likeness (QED) is 0.175. The van der Waals surface area contributed by atoms with Crippen LogP contribution in [0.15, 0.2) is 158 Å². The monoisotopic (exact) mass is 644 g/mol. The molecule has 0 bridgehead atoms. The minimum absolute atomic E-state index is 0.326. The van der Waals surface area contributed by atoms with Gasteiger partial charge in [-0.2, -0.15) is 0 Å². The van der Waals surface area contributed by atoms with Crippen LogP contribution in [0.1, 0.15) is 31.8 Å². The molecule has 4 heteroatoms. The first kappa shape index (κ1) is 29.6. The van der Waals surface area contributed by atoms with Gasteiger partial charge in [0.05, 0.1) is 33.5 Å². The number of para-hydroxylation sites is 1. The lowest BCUT2D eigenvalue weighted by atomic mass is 9.97. The Morgan fingerprint density at radius 1 is 0.420 bits per heavy atom. The molecule has 0 aliphatic carbocycles. The number of carbonyl (C=O) groups excluding carboxylic acids is 2. The third-order valence-corrected chi connectivity index (χ3v) is 9.93. The van der Waals surface area contributed by atoms with Crippen LogP contribution in [-0.4, -0.2) is 16.4 Å². The van der Waals surface area contributed by atoms with E-state index >= 15 is 0 Å². The number of rotatable bonds is 5. The van der Waals surface area contributed by atoms with Crippen molar-refractivity contribution in [2.75, 3.05) is 4.90 Å². The van der Waals surface area contributed by atoms with Crippen LogP contribution in [0, 0.1) is 13.8 Å². The molecule has 0 unspecified atom stereocenters. The van der Waals surface area contributed by atoms with Gasteiger partial charge >= 0.3 is 0 Å². The molecule has 1 aromatic heterocycles. The van der Waals surface area contributed by atoms with E-state index in [9.17, 15) is 9.59 Å². The maximum absolute atomic E-state index is 14.8. The first-order valence-electron chi connectivity index (χ1n) is 16.9. The van der Waals surface area contributed by atoms with E-state index < -0.39 is 0 Å². The topological polar surface area (TPSA) is 42.3 Å². The Kier molecular flexibility index (Phi) is 6.85. The zero-order valence-corrected chi connectivity index (χ0v) is 27.7. The van der Waals surface area contributed by atoms with Crippen LogP contribution in [0.5, 0.6) is 0 Å². The molecule has 2 amide bonds. The van der Waals surface area contributed by atoms with Gasteiger partial charge in [0.25, 0.3) is 11.8 Å². The number of aryl methyl sites for hydroxylation is 2. The molecule has 0 spiro atoms. The number of aromatic nitrogens is 1. The van der Waals surface area contributed by atoms with E-state index in [4.69, 9.17) is 0 Å². The van der Waals surface area contributed by atoms with Crippen molar-refractivity contribution in [3.8, 4) is 39.1 Å². The number of hydrogen-bond donors (Lipinski definition) is 0. The smallest absolute Gasteiger partial charge is 0.268 e. The Morgan fingerprint density at radius 2 is 1.12 bits per heavy atom. The van der Waals surface area contributed by atoms with Crippen molar-refractivity contribution in [2.24, 2.45) is 0 Å². The molecule has 1 aliphatic heterocycles. The van der Waals surface area contributed by atoms with Crippen molar-refractivity contribution < 1.29 is 9.59 Å². The Balaban J connectivity index is 1.24. The van der Waals surface area contributed by atoms with Gasteiger partial charge in [-0.15, -0.1) is 0 Å². The Bertz CT molecular complexity index is 2650. The summed E-state index contributed by atoms with van der Waals surface area (Å²) < 4.78 is 2.15. The zero-order chi connectivity index (χ0) is 33.9. The highest BCUT2D eigenvalue weighted by Gasteiger charge is 2.40. The van der Waals surface area contributed by atoms with E-state index in [0.717, 1.165) is 55.2 Å². The molecule has 0 saturated carbocycles. The number of carbonyl (C=O) groups is 2. The molecule has 0 radical (unpaired) electrons. The highest BCUT2D eigenvalue weighted by molar-refractivity contribution is 6.36. The molecule has 0 fully saturated rings. The third kappa shape index (κ3) is 4.61. The van der Waals surface area contributed by atoms with E-state index in [1.807, 2.05) is 84.9 Å². The minimum Gasteiger partial charge on any atom is -0.308 e. The molecule has 2 heterocycles. The molecular formula is C46H32N2O2. The van der Waals surface area contributed by atoms with Crippen LogP contribution in [0.3, 0.4) is 0 Å². The summed E-state index contributed by atoms with van der Waals surface area (Å²) in [6.45, 7) is 4.25. The predicted octanol–water partition coefficient (Wildman–Crippen LogP) is 11.2. The largest absolute Gasteiger partial charge is 0.308 e. The molecule has 238 valence electrons.